The van der Waals surface area contributed by atoms with Crippen LogP contribution in [0.2, 0.25) is 0 Å². The van der Waals surface area contributed by atoms with E-state index in [0.29, 0.717) is 44.7 Å². The highest BCUT2D eigenvalue weighted by molar-refractivity contribution is 7.10. The molecule has 10 heteroatoms. The first-order chi connectivity index (χ1) is 16.3. The Morgan fingerprint density at radius 1 is 1.00 bits per heavy atom. The van der Waals surface area contributed by atoms with Crippen LogP contribution in [0.15, 0.2) is 60.1 Å². The first-order valence-corrected chi connectivity index (χ1v) is 11.7. The van der Waals surface area contributed by atoms with Crippen molar-refractivity contribution in [3.05, 3.63) is 76.1 Å². The summed E-state index contributed by atoms with van der Waals surface area (Å²) in [6.45, 7) is 2.17. The molecule has 6 nitrogen and oxygen atoms in total. The molecule has 0 saturated carbocycles. The van der Waals surface area contributed by atoms with Crippen LogP contribution in [0, 0.1) is 0 Å². The fraction of sp³-hybridized carbons (Fsp3) is 0.292. The number of carbonyl (C=O) groups is 2. The molecule has 0 aliphatic carbocycles. The van der Waals surface area contributed by atoms with Crippen molar-refractivity contribution in [3.8, 4) is 0 Å². The zero-order valence-corrected chi connectivity index (χ0v) is 19.0. The van der Waals surface area contributed by atoms with E-state index in [1.165, 1.54) is 23.5 Å². The third kappa shape index (κ3) is 5.93. The van der Waals surface area contributed by atoms with E-state index >= 15 is 0 Å². The van der Waals surface area contributed by atoms with Crippen molar-refractivity contribution >= 4 is 34.7 Å². The molecule has 1 fully saturated rings. The van der Waals surface area contributed by atoms with Gasteiger partial charge in [0, 0.05) is 36.6 Å². The third-order valence-corrected chi connectivity index (χ3v) is 6.39. The van der Waals surface area contributed by atoms with E-state index < -0.39 is 11.7 Å². The zero-order valence-electron chi connectivity index (χ0n) is 18.2. The van der Waals surface area contributed by atoms with Crippen molar-refractivity contribution in [1.82, 2.24) is 9.88 Å². The number of nitrogens with zero attached hydrogens (tertiary/aromatic N) is 3. The van der Waals surface area contributed by atoms with E-state index in [2.05, 4.69) is 15.2 Å². The highest BCUT2D eigenvalue weighted by atomic mass is 32.1. The molecule has 0 spiro atoms. The van der Waals surface area contributed by atoms with Crippen LogP contribution < -0.4 is 10.2 Å². The van der Waals surface area contributed by atoms with Crippen molar-refractivity contribution in [1.29, 1.82) is 0 Å². The Bertz CT molecular complexity index is 1120. The van der Waals surface area contributed by atoms with Crippen LogP contribution in [0.25, 0.3) is 0 Å². The summed E-state index contributed by atoms with van der Waals surface area (Å²) in [5.41, 5.74) is 0.0739. The maximum atomic E-state index is 12.8. The monoisotopic (exact) mass is 488 g/mol. The number of thiophene rings is 1. The minimum Gasteiger partial charge on any atom is -0.355 e. The second-order valence-corrected chi connectivity index (χ2v) is 8.95. The molecule has 1 N–H and O–H groups in total. The molecule has 1 aromatic carbocycles. The summed E-state index contributed by atoms with van der Waals surface area (Å²) >= 11 is 1.53. The van der Waals surface area contributed by atoms with Crippen LogP contribution in [0.3, 0.4) is 0 Å². The zero-order chi connectivity index (χ0) is 24.1. The largest absolute Gasteiger partial charge is 0.416 e. The lowest BCUT2D eigenvalue weighted by Crippen LogP contribution is -2.35. The fourth-order valence-corrected chi connectivity index (χ4v) is 4.46. The van der Waals surface area contributed by atoms with Gasteiger partial charge in [-0.05, 0) is 54.3 Å². The first-order valence-electron chi connectivity index (χ1n) is 10.8. The normalized spacial score (nSPS) is 14.6. The van der Waals surface area contributed by atoms with E-state index in [0.717, 1.165) is 22.8 Å². The Labute approximate surface area is 199 Å². The fourth-order valence-electron chi connectivity index (χ4n) is 3.76. The smallest absolute Gasteiger partial charge is 0.355 e. The molecular formula is C24H23F3N4O2S. The Kier molecular flexibility index (Phi) is 7.16. The Morgan fingerprint density at radius 2 is 1.79 bits per heavy atom. The van der Waals surface area contributed by atoms with Gasteiger partial charge in [-0.25, -0.2) is 4.98 Å². The average Bonchev–Trinajstić information content (AvgIpc) is 3.20. The Hall–Kier alpha value is -3.40. The highest BCUT2D eigenvalue weighted by Gasteiger charge is 2.30. The summed E-state index contributed by atoms with van der Waals surface area (Å²) in [5, 5.41) is 4.77. The summed E-state index contributed by atoms with van der Waals surface area (Å²) in [6, 6.07) is 11.8. The molecule has 34 heavy (non-hydrogen) atoms. The van der Waals surface area contributed by atoms with E-state index in [1.54, 1.807) is 17.2 Å². The number of nitrogens with one attached hydrogen (secondary N) is 1. The van der Waals surface area contributed by atoms with Gasteiger partial charge in [-0.2, -0.15) is 13.2 Å². The number of pyridine rings is 1. The van der Waals surface area contributed by atoms with Crippen molar-refractivity contribution in [3.63, 3.8) is 0 Å². The molecule has 2 aromatic heterocycles. The van der Waals surface area contributed by atoms with Gasteiger partial charge in [0.05, 0.1) is 23.9 Å². The lowest BCUT2D eigenvalue weighted by atomic mass is 10.1. The molecule has 4 rings (SSSR count). The number of halogens is 3. The molecule has 2 amide bonds. The molecule has 1 aliphatic rings. The van der Waals surface area contributed by atoms with E-state index in [1.807, 2.05) is 23.6 Å². The van der Waals surface area contributed by atoms with Crippen LogP contribution in [0.4, 0.5) is 24.7 Å². The SMILES string of the molecule is O=C(Cc1cccs1)Nc1ccc(N2CCCN(C(=O)c3ccc(C(F)(F)F)cc3)CC2)nc1. The maximum Gasteiger partial charge on any atom is 0.416 e. The van der Waals surface area contributed by atoms with Crippen molar-refractivity contribution in [2.75, 3.05) is 36.4 Å². The number of benzene rings is 1. The molecule has 3 aromatic rings. The predicted molar refractivity (Wildman–Crippen MR) is 125 cm³/mol. The molecular weight excluding hydrogens is 465 g/mol. The highest BCUT2D eigenvalue weighted by Crippen LogP contribution is 2.29. The van der Waals surface area contributed by atoms with Crippen LogP contribution in [-0.4, -0.2) is 47.9 Å². The van der Waals surface area contributed by atoms with E-state index in [-0.39, 0.29) is 17.4 Å². The average molecular weight is 489 g/mol. The number of rotatable bonds is 5. The second kappa shape index (κ2) is 10.3. The van der Waals surface area contributed by atoms with Crippen LogP contribution in [0.1, 0.15) is 27.2 Å². The molecule has 1 saturated heterocycles. The van der Waals surface area contributed by atoms with Crippen LogP contribution >= 0.6 is 11.3 Å². The number of anilines is 2. The van der Waals surface area contributed by atoms with E-state index in [4.69, 9.17) is 0 Å². The minimum absolute atomic E-state index is 0.107. The molecule has 178 valence electrons. The minimum atomic E-state index is -4.43. The standard InChI is InChI=1S/C24H23F3N4O2S/c25-24(26,27)18-6-4-17(5-7-18)23(33)31-11-2-10-30(12-13-31)21-9-8-19(16-28-21)29-22(32)15-20-3-1-14-34-20/h1,3-9,14,16H,2,10-13,15H2,(H,29,32). The van der Waals surface area contributed by atoms with Gasteiger partial charge >= 0.3 is 6.18 Å². The predicted octanol–water partition coefficient (Wildman–Crippen LogP) is 4.70. The number of hydrogen-bond donors (Lipinski definition) is 1. The van der Waals surface area contributed by atoms with Gasteiger partial charge < -0.3 is 15.1 Å². The van der Waals surface area contributed by atoms with Gasteiger partial charge in [0.2, 0.25) is 5.91 Å². The van der Waals surface area contributed by atoms with Gasteiger partial charge in [-0.3, -0.25) is 9.59 Å². The second-order valence-electron chi connectivity index (χ2n) is 7.92. The number of carbonyl (C=O) groups excluding carboxylic acids is 2. The number of alkyl halides is 3. The quantitative estimate of drug-likeness (QED) is 0.566. The van der Waals surface area contributed by atoms with E-state index in [9.17, 15) is 22.8 Å². The van der Waals surface area contributed by atoms with Crippen molar-refractivity contribution < 1.29 is 22.8 Å². The van der Waals surface area contributed by atoms with Gasteiger partial charge in [0.25, 0.3) is 5.91 Å². The Morgan fingerprint density at radius 3 is 2.44 bits per heavy atom. The molecule has 0 bridgehead atoms. The topological polar surface area (TPSA) is 65.5 Å². The molecule has 3 heterocycles. The summed E-state index contributed by atoms with van der Waals surface area (Å²) < 4.78 is 38.3. The van der Waals surface area contributed by atoms with Gasteiger partial charge in [0.1, 0.15) is 5.82 Å². The summed E-state index contributed by atoms with van der Waals surface area (Å²) in [6.07, 6.45) is -1.81. The summed E-state index contributed by atoms with van der Waals surface area (Å²) in [5.74, 6) is 0.344. The van der Waals surface area contributed by atoms with Gasteiger partial charge in [-0.1, -0.05) is 6.07 Å². The molecule has 0 unspecified atom stereocenters. The van der Waals surface area contributed by atoms with Crippen LogP contribution in [-0.2, 0) is 17.4 Å². The first kappa shape index (κ1) is 23.7. The number of aromatic nitrogens is 1. The third-order valence-electron chi connectivity index (χ3n) is 5.51. The lowest BCUT2D eigenvalue weighted by Gasteiger charge is -2.23. The number of amides is 2. The summed E-state index contributed by atoms with van der Waals surface area (Å²) in [4.78, 5) is 34.1. The number of hydrogen-bond acceptors (Lipinski definition) is 5. The van der Waals surface area contributed by atoms with Crippen LogP contribution in [0.5, 0.6) is 0 Å². The molecule has 1 aliphatic heterocycles. The van der Waals surface area contributed by atoms with Gasteiger partial charge in [-0.15, -0.1) is 11.3 Å². The maximum absolute atomic E-state index is 12.8. The van der Waals surface area contributed by atoms with Gasteiger partial charge in [0.15, 0.2) is 0 Å². The lowest BCUT2D eigenvalue weighted by molar-refractivity contribution is -0.137. The molecule has 0 radical (unpaired) electrons. The summed E-state index contributed by atoms with van der Waals surface area (Å²) in [7, 11) is 0. The van der Waals surface area contributed by atoms with Crippen molar-refractivity contribution in [2.24, 2.45) is 0 Å². The van der Waals surface area contributed by atoms with Crippen molar-refractivity contribution in [2.45, 2.75) is 19.0 Å². The molecule has 0 atom stereocenters. The Balaban J connectivity index is 1.33.